The predicted molar refractivity (Wildman–Crippen MR) is 123 cm³/mol. The second-order valence-corrected chi connectivity index (χ2v) is 8.18. The Morgan fingerprint density at radius 2 is 1.45 bits per heavy atom. The molecule has 9 heteroatoms. The number of nitrogens with one attached hydrogen (secondary N) is 3. The number of nitrogens with zero attached hydrogens (tertiary/aromatic N) is 1. The van der Waals surface area contributed by atoms with Crippen molar-refractivity contribution in [2.24, 2.45) is 0 Å². The first-order valence-corrected chi connectivity index (χ1v) is 10.9. The average molecular weight is 449 g/mol. The van der Waals surface area contributed by atoms with Gasteiger partial charge >= 0.3 is 0 Å². The van der Waals surface area contributed by atoms with E-state index in [-0.39, 0.29) is 17.7 Å². The molecule has 0 spiro atoms. The topological polar surface area (TPSA) is 100 Å². The standard InChI is InChI=1S/C22H16N4O3S2/c27-19(14-6-8-16(9-7-14)24-21(29)18-5-2-11-30-18)25-17-4-1-3-15(13-17)20(28)26-22-23-10-12-31-22/h1-13H,(H,24,29)(H,25,27)(H,23,26,28). The molecule has 2 heterocycles. The fraction of sp³-hybridized carbons (Fsp3) is 0. The van der Waals surface area contributed by atoms with E-state index in [1.54, 1.807) is 66.2 Å². The third-order valence-electron chi connectivity index (χ3n) is 4.19. The first kappa shape index (κ1) is 20.5. The van der Waals surface area contributed by atoms with Gasteiger partial charge in [0.25, 0.3) is 17.7 Å². The minimum Gasteiger partial charge on any atom is -0.322 e. The number of hydrogen-bond donors (Lipinski definition) is 3. The van der Waals surface area contributed by atoms with Gasteiger partial charge in [0.05, 0.1) is 4.88 Å². The van der Waals surface area contributed by atoms with Crippen LogP contribution in [0.1, 0.15) is 30.4 Å². The molecule has 3 amide bonds. The number of thiophene rings is 1. The van der Waals surface area contributed by atoms with Gasteiger partial charge in [-0.1, -0.05) is 12.1 Å². The molecular formula is C22H16N4O3S2. The normalized spacial score (nSPS) is 10.3. The Balaban J connectivity index is 1.39. The van der Waals surface area contributed by atoms with Gasteiger partial charge in [-0.3, -0.25) is 19.7 Å². The third kappa shape index (κ3) is 5.21. The van der Waals surface area contributed by atoms with Crippen LogP contribution in [-0.4, -0.2) is 22.7 Å². The Morgan fingerprint density at radius 3 is 2.16 bits per heavy atom. The molecule has 0 fully saturated rings. The summed E-state index contributed by atoms with van der Waals surface area (Å²) in [6, 6.07) is 16.8. The van der Waals surface area contributed by atoms with Crippen LogP contribution in [0.4, 0.5) is 16.5 Å². The number of anilines is 3. The van der Waals surface area contributed by atoms with E-state index in [0.29, 0.717) is 32.5 Å². The van der Waals surface area contributed by atoms with Crippen LogP contribution in [0.25, 0.3) is 0 Å². The summed E-state index contributed by atoms with van der Waals surface area (Å²) in [5, 5.41) is 12.4. The molecule has 0 saturated carbocycles. The predicted octanol–water partition coefficient (Wildman–Crippen LogP) is 4.96. The van der Waals surface area contributed by atoms with Crippen LogP contribution in [0.3, 0.4) is 0 Å². The van der Waals surface area contributed by atoms with Gasteiger partial charge in [-0.05, 0) is 53.9 Å². The van der Waals surface area contributed by atoms with E-state index >= 15 is 0 Å². The maximum absolute atomic E-state index is 12.6. The van der Waals surface area contributed by atoms with Crippen molar-refractivity contribution in [3.05, 3.63) is 93.6 Å². The van der Waals surface area contributed by atoms with Crippen molar-refractivity contribution in [3.63, 3.8) is 0 Å². The Kier molecular flexibility index (Phi) is 6.16. The van der Waals surface area contributed by atoms with Crippen molar-refractivity contribution in [3.8, 4) is 0 Å². The third-order valence-corrected chi connectivity index (χ3v) is 5.74. The molecule has 3 N–H and O–H groups in total. The van der Waals surface area contributed by atoms with Gasteiger partial charge < -0.3 is 10.6 Å². The molecule has 154 valence electrons. The number of benzene rings is 2. The number of hydrogen-bond acceptors (Lipinski definition) is 6. The van der Waals surface area contributed by atoms with E-state index in [0.717, 1.165) is 0 Å². The minimum atomic E-state index is -0.325. The van der Waals surface area contributed by atoms with Crippen LogP contribution in [-0.2, 0) is 0 Å². The molecule has 0 aliphatic carbocycles. The second-order valence-electron chi connectivity index (χ2n) is 6.34. The molecule has 0 atom stereocenters. The van der Waals surface area contributed by atoms with Crippen molar-refractivity contribution in [1.82, 2.24) is 4.98 Å². The summed E-state index contributed by atoms with van der Waals surface area (Å²) in [5.74, 6) is -0.828. The van der Waals surface area contributed by atoms with Gasteiger partial charge in [-0.25, -0.2) is 4.98 Å². The lowest BCUT2D eigenvalue weighted by Crippen LogP contribution is -2.15. The van der Waals surface area contributed by atoms with Gasteiger partial charge in [0.15, 0.2) is 5.13 Å². The molecule has 7 nitrogen and oxygen atoms in total. The monoisotopic (exact) mass is 448 g/mol. The number of carbonyl (C=O) groups excluding carboxylic acids is 3. The molecule has 2 aromatic heterocycles. The van der Waals surface area contributed by atoms with Crippen molar-refractivity contribution in [2.75, 3.05) is 16.0 Å². The van der Waals surface area contributed by atoms with Crippen LogP contribution >= 0.6 is 22.7 Å². The van der Waals surface area contributed by atoms with Crippen molar-refractivity contribution in [2.45, 2.75) is 0 Å². The van der Waals surface area contributed by atoms with Crippen LogP contribution in [0.5, 0.6) is 0 Å². The summed E-state index contributed by atoms with van der Waals surface area (Å²) in [6.45, 7) is 0. The maximum atomic E-state index is 12.6. The number of thiazole rings is 1. The molecule has 0 aliphatic heterocycles. The zero-order valence-electron chi connectivity index (χ0n) is 16.0. The number of aromatic nitrogens is 1. The first-order chi connectivity index (χ1) is 15.1. The Morgan fingerprint density at radius 1 is 0.677 bits per heavy atom. The van der Waals surface area contributed by atoms with E-state index in [1.807, 2.05) is 11.4 Å². The SMILES string of the molecule is O=C(Nc1cccc(C(=O)Nc2nccs2)c1)c1ccc(NC(=O)c2cccs2)cc1. The lowest BCUT2D eigenvalue weighted by molar-refractivity contribution is 0.101. The van der Waals surface area contributed by atoms with E-state index in [2.05, 4.69) is 20.9 Å². The molecule has 0 saturated heterocycles. The second kappa shape index (κ2) is 9.33. The highest BCUT2D eigenvalue weighted by Crippen LogP contribution is 2.18. The molecular weight excluding hydrogens is 432 g/mol. The van der Waals surface area contributed by atoms with Crippen molar-refractivity contribution >= 4 is 56.9 Å². The van der Waals surface area contributed by atoms with E-state index in [4.69, 9.17) is 0 Å². The van der Waals surface area contributed by atoms with Crippen molar-refractivity contribution < 1.29 is 14.4 Å². The van der Waals surface area contributed by atoms with Crippen molar-refractivity contribution in [1.29, 1.82) is 0 Å². The van der Waals surface area contributed by atoms with Crippen LogP contribution in [0.2, 0.25) is 0 Å². The lowest BCUT2D eigenvalue weighted by atomic mass is 10.1. The highest BCUT2D eigenvalue weighted by atomic mass is 32.1. The molecule has 4 rings (SSSR count). The smallest absolute Gasteiger partial charge is 0.265 e. The summed E-state index contributed by atoms with van der Waals surface area (Å²) in [4.78, 5) is 41.6. The highest BCUT2D eigenvalue weighted by molar-refractivity contribution is 7.13. The fourth-order valence-electron chi connectivity index (χ4n) is 2.70. The van der Waals surface area contributed by atoms with Gasteiger partial charge in [-0.15, -0.1) is 22.7 Å². The minimum absolute atomic E-state index is 0.194. The fourth-order valence-corrected chi connectivity index (χ4v) is 3.84. The Bertz CT molecular complexity index is 1200. The van der Waals surface area contributed by atoms with Gasteiger partial charge in [-0.2, -0.15) is 0 Å². The molecule has 31 heavy (non-hydrogen) atoms. The highest BCUT2D eigenvalue weighted by Gasteiger charge is 2.11. The van der Waals surface area contributed by atoms with E-state index in [1.165, 1.54) is 22.7 Å². The quantitative estimate of drug-likeness (QED) is 0.388. The first-order valence-electron chi connectivity index (χ1n) is 9.16. The zero-order valence-corrected chi connectivity index (χ0v) is 17.6. The number of amides is 3. The van der Waals surface area contributed by atoms with Gasteiger partial charge in [0, 0.05) is 34.1 Å². The zero-order chi connectivity index (χ0) is 21.6. The van der Waals surface area contributed by atoms with Crippen LogP contribution in [0, 0.1) is 0 Å². The van der Waals surface area contributed by atoms with Gasteiger partial charge in [0.1, 0.15) is 0 Å². The summed E-state index contributed by atoms with van der Waals surface area (Å²) >= 11 is 2.68. The summed E-state index contributed by atoms with van der Waals surface area (Å²) in [6.07, 6.45) is 1.61. The maximum Gasteiger partial charge on any atom is 0.265 e. The number of rotatable bonds is 6. The molecule has 0 aliphatic rings. The van der Waals surface area contributed by atoms with Crippen LogP contribution < -0.4 is 16.0 Å². The average Bonchev–Trinajstić information content (AvgIpc) is 3.49. The summed E-state index contributed by atoms with van der Waals surface area (Å²) in [7, 11) is 0. The molecule has 0 bridgehead atoms. The molecule has 0 radical (unpaired) electrons. The Hall–Kier alpha value is -3.82. The molecule has 0 unspecified atom stereocenters. The Labute approximate surface area is 185 Å². The summed E-state index contributed by atoms with van der Waals surface area (Å²) < 4.78 is 0. The molecule has 4 aromatic rings. The van der Waals surface area contributed by atoms with E-state index in [9.17, 15) is 14.4 Å². The van der Waals surface area contributed by atoms with Crippen LogP contribution in [0.15, 0.2) is 77.6 Å². The van der Waals surface area contributed by atoms with E-state index < -0.39 is 0 Å². The van der Waals surface area contributed by atoms with Gasteiger partial charge in [0.2, 0.25) is 0 Å². The molecule has 2 aromatic carbocycles. The lowest BCUT2D eigenvalue weighted by Gasteiger charge is -2.09. The number of carbonyl (C=O) groups is 3. The largest absolute Gasteiger partial charge is 0.322 e. The summed E-state index contributed by atoms with van der Waals surface area (Å²) in [5.41, 5.74) is 1.91.